The fraction of sp³-hybridized carbons (Fsp3) is 0.348. The second-order valence-electron chi connectivity index (χ2n) is 8.24. The van der Waals surface area contributed by atoms with Gasteiger partial charge in [-0.3, -0.25) is 4.79 Å². The molecule has 1 atom stereocenters. The average Bonchev–Trinajstić information content (AvgIpc) is 2.99. The maximum Gasteiger partial charge on any atom is 0.407 e. The van der Waals surface area contributed by atoms with E-state index in [1.165, 1.54) is 0 Å². The number of hydrogen-bond donors (Lipinski definition) is 2. The molecule has 2 N–H and O–H groups in total. The van der Waals surface area contributed by atoms with Crippen LogP contribution in [0.4, 0.5) is 4.79 Å². The van der Waals surface area contributed by atoms with Crippen LogP contribution in [0.15, 0.2) is 48.5 Å². The Balaban J connectivity index is 1.67. The van der Waals surface area contributed by atoms with Gasteiger partial charge >= 0.3 is 12.1 Å². The molecule has 0 aliphatic heterocycles. The van der Waals surface area contributed by atoms with Crippen molar-refractivity contribution in [1.82, 2.24) is 5.32 Å². The van der Waals surface area contributed by atoms with Crippen molar-refractivity contribution in [2.75, 3.05) is 6.61 Å². The van der Waals surface area contributed by atoms with Gasteiger partial charge in [-0.15, -0.1) is 0 Å². The third kappa shape index (κ3) is 4.47. The van der Waals surface area contributed by atoms with Gasteiger partial charge in [0.05, 0.1) is 0 Å². The third-order valence-electron chi connectivity index (χ3n) is 5.16. The first-order valence-electron chi connectivity index (χ1n) is 9.56. The minimum Gasteiger partial charge on any atom is -0.480 e. The van der Waals surface area contributed by atoms with Gasteiger partial charge in [0.1, 0.15) is 18.4 Å². The first-order valence-corrected chi connectivity index (χ1v) is 9.56. The monoisotopic (exact) mass is 395 g/mol. The molecule has 0 saturated carbocycles. The van der Waals surface area contributed by atoms with Crippen molar-refractivity contribution in [2.24, 2.45) is 5.41 Å². The summed E-state index contributed by atoms with van der Waals surface area (Å²) >= 11 is 0. The van der Waals surface area contributed by atoms with Crippen molar-refractivity contribution in [3.05, 3.63) is 59.7 Å². The molecular weight excluding hydrogens is 370 g/mol. The Bertz CT molecular complexity index is 899. The van der Waals surface area contributed by atoms with Gasteiger partial charge in [-0.05, 0) is 22.3 Å². The molecule has 1 amide bonds. The molecule has 3 rings (SSSR count). The van der Waals surface area contributed by atoms with Gasteiger partial charge < -0.3 is 15.2 Å². The van der Waals surface area contributed by atoms with E-state index in [9.17, 15) is 19.5 Å². The Labute approximate surface area is 169 Å². The van der Waals surface area contributed by atoms with Crippen LogP contribution in [0.25, 0.3) is 11.1 Å². The van der Waals surface area contributed by atoms with Crippen LogP contribution in [0.2, 0.25) is 0 Å². The highest BCUT2D eigenvalue weighted by molar-refractivity contribution is 5.90. The van der Waals surface area contributed by atoms with Crippen LogP contribution in [-0.4, -0.2) is 35.6 Å². The fourth-order valence-electron chi connectivity index (χ4n) is 3.47. The molecule has 6 nitrogen and oxygen atoms in total. The van der Waals surface area contributed by atoms with Gasteiger partial charge in [0, 0.05) is 17.8 Å². The summed E-state index contributed by atoms with van der Waals surface area (Å²) in [5, 5.41) is 11.7. The number of rotatable bonds is 6. The lowest BCUT2D eigenvalue weighted by Gasteiger charge is -2.21. The van der Waals surface area contributed by atoms with Crippen molar-refractivity contribution >= 4 is 17.8 Å². The smallest absolute Gasteiger partial charge is 0.407 e. The maximum atomic E-state index is 12.3. The highest BCUT2D eigenvalue weighted by Gasteiger charge is 2.31. The number of nitrogens with one attached hydrogen (secondary N) is 1. The summed E-state index contributed by atoms with van der Waals surface area (Å²) in [6.07, 6.45) is -1.13. The molecule has 6 heteroatoms. The zero-order valence-corrected chi connectivity index (χ0v) is 16.8. The molecule has 152 valence electrons. The Morgan fingerprint density at radius 1 is 1.00 bits per heavy atom. The average molecular weight is 395 g/mol. The van der Waals surface area contributed by atoms with Crippen LogP contribution in [0.3, 0.4) is 0 Å². The summed E-state index contributed by atoms with van der Waals surface area (Å²) in [6, 6.07) is 14.6. The number of amides is 1. The summed E-state index contributed by atoms with van der Waals surface area (Å²) in [5.74, 6) is -1.63. The molecule has 0 heterocycles. The molecule has 2 aromatic carbocycles. The molecule has 1 unspecified atom stereocenters. The molecule has 0 aromatic heterocycles. The number of carboxylic acids is 1. The number of Topliss-reactive ketones (excluding diaryl/α,β-unsaturated/α-hetero) is 1. The van der Waals surface area contributed by atoms with Crippen molar-refractivity contribution in [3.63, 3.8) is 0 Å². The Hall–Kier alpha value is -3.15. The number of benzene rings is 2. The molecule has 29 heavy (non-hydrogen) atoms. The quantitative estimate of drug-likeness (QED) is 0.772. The Morgan fingerprint density at radius 3 is 2.00 bits per heavy atom. The van der Waals surface area contributed by atoms with E-state index in [4.69, 9.17) is 4.74 Å². The molecule has 1 aliphatic rings. The molecule has 0 spiro atoms. The molecular formula is C23H25NO5. The van der Waals surface area contributed by atoms with Crippen molar-refractivity contribution < 1.29 is 24.2 Å². The number of carbonyl (C=O) groups is 3. The number of hydrogen-bond acceptors (Lipinski definition) is 4. The van der Waals surface area contributed by atoms with E-state index >= 15 is 0 Å². The van der Waals surface area contributed by atoms with Crippen molar-refractivity contribution in [3.8, 4) is 11.1 Å². The lowest BCUT2D eigenvalue weighted by Crippen LogP contribution is -2.44. The fourth-order valence-corrected chi connectivity index (χ4v) is 3.47. The van der Waals surface area contributed by atoms with Gasteiger partial charge in [0.15, 0.2) is 0 Å². The lowest BCUT2D eigenvalue weighted by atomic mass is 9.87. The molecule has 0 saturated heterocycles. The van der Waals surface area contributed by atoms with Gasteiger partial charge in [0.25, 0.3) is 0 Å². The molecule has 0 radical (unpaired) electrons. The minimum atomic E-state index is -1.32. The lowest BCUT2D eigenvalue weighted by molar-refractivity contribution is -0.142. The number of aliphatic carboxylic acids is 1. The molecule has 1 aliphatic carbocycles. The van der Waals surface area contributed by atoms with Crippen LogP contribution >= 0.6 is 0 Å². The van der Waals surface area contributed by atoms with Crippen LogP contribution in [0, 0.1) is 5.41 Å². The number of fused-ring (bicyclic) bond motifs is 3. The van der Waals surface area contributed by atoms with Gasteiger partial charge in [-0.1, -0.05) is 69.3 Å². The standard InChI is InChI=1S/C23H25NO5/c1-23(2,3)20(25)12-19(21(26)27)24-22(28)29-13-18-16-10-6-4-8-14(16)15-9-5-7-11-17(15)18/h4-11,18-19H,12-13H2,1-3H3,(H,24,28)(H,26,27). The van der Waals surface area contributed by atoms with Crippen molar-refractivity contribution in [2.45, 2.75) is 39.2 Å². The SMILES string of the molecule is CC(C)(C)C(=O)CC(NC(=O)OCC1c2ccccc2-c2ccccc21)C(=O)O. The van der Waals surface area contributed by atoms with E-state index in [1.807, 2.05) is 48.5 Å². The van der Waals surface area contributed by atoms with Gasteiger partial charge in [0.2, 0.25) is 0 Å². The van der Waals surface area contributed by atoms with Crippen LogP contribution in [-0.2, 0) is 14.3 Å². The highest BCUT2D eigenvalue weighted by Crippen LogP contribution is 2.44. The third-order valence-corrected chi connectivity index (χ3v) is 5.16. The topological polar surface area (TPSA) is 92.7 Å². The van der Waals surface area contributed by atoms with E-state index in [1.54, 1.807) is 20.8 Å². The molecule has 0 fully saturated rings. The zero-order chi connectivity index (χ0) is 21.2. The predicted octanol–water partition coefficient (Wildman–Crippen LogP) is 3.98. The second kappa shape index (κ2) is 8.07. The predicted molar refractivity (Wildman–Crippen MR) is 109 cm³/mol. The van der Waals surface area contributed by atoms with Gasteiger partial charge in [-0.25, -0.2) is 9.59 Å². The molecule has 2 aromatic rings. The van der Waals surface area contributed by atoms with E-state index in [2.05, 4.69) is 5.32 Å². The minimum absolute atomic E-state index is 0.0828. The summed E-state index contributed by atoms with van der Waals surface area (Å²) in [6.45, 7) is 5.21. The van der Waals surface area contributed by atoms with E-state index in [0.29, 0.717) is 0 Å². The zero-order valence-electron chi connectivity index (χ0n) is 16.8. The first-order chi connectivity index (χ1) is 13.7. The normalized spacial score (nSPS) is 13.9. The largest absolute Gasteiger partial charge is 0.480 e. The van der Waals surface area contributed by atoms with Crippen molar-refractivity contribution in [1.29, 1.82) is 0 Å². The van der Waals surface area contributed by atoms with Crippen LogP contribution in [0.1, 0.15) is 44.2 Å². The highest BCUT2D eigenvalue weighted by atomic mass is 16.5. The number of carboxylic acid groups (broad SMARTS) is 1. The summed E-state index contributed by atoms with van der Waals surface area (Å²) < 4.78 is 5.36. The van der Waals surface area contributed by atoms with E-state index in [-0.39, 0.29) is 24.7 Å². The number of carbonyl (C=O) groups excluding carboxylic acids is 2. The van der Waals surface area contributed by atoms with Crippen LogP contribution < -0.4 is 5.32 Å². The Morgan fingerprint density at radius 2 is 1.52 bits per heavy atom. The summed E-state index contributed by atoms with van der Waals surface area (Å²) in [4.78, 5) is 35.9. The first kappa shape index (κ1) is 20.6. The maximum absolute atomic E-state index is 12.3. The summed E-state index contributed by atoms with van der Waals surface area (Å²) in [5.41, 5.74) is 3.67. The van der Waals surface area contributed by atoms with E-state index in [0.717, 1.165) is 22.3 Å². The number of alkyl carbamates (subject to hydrolysis) is 1. The Kier molecular flexibility index (Phi) is 5.73. The van der Waals surface area contributed by atoms with Crippen LogP contribution in [0.5, 0.6) is 0 Å². The number of ketones is 1. The molecule has 0 bridgehead atoms. The van der Waals surface area contributed by atoms with E-state index < -0.39 is 23.5 Å². The summed E-state index contributed by atoms with van der Waals surface area (Å²) in [7, 11) is 0. The van der Waals surface area contributed by atoms with Gasteiger partial charge in [-0.2, -0.15) is 0 Å². The second-order valence-corrected chi connectivity index (χ2v) is 8.24. The number of ether oxygens (including phenoxy) is 1.